The summed E-state index contributed by atoms with van der Waals surface area (Å²) in [7, 11) is 0. The molecule has 2 aromatic rings. The molecule has 0 radical (unpaired) electrons. The van der Waals surface area contributed by atoms with Gasteiger partial charge in [-0.1, -0.05) is 61.4 Å². The third-order valence-corrected chi connectivity index (χ3v) is 3.36. The first-order chi connectivity index (χ1) is 8.83. The molecule has 0 N–H and O–H groups in total. The molecule has 0 aliphatic carbocycles. The molecule has 1 heterocycles. The van der Waals surface area contributed by atoms with E-state index in [9.17, 15) is 0 Å². The van der Waals surface area contributed by atoms with Crippen molar-refractivity contribution in [2.24, 2.45) is 0 Å². The highest BCUT2D eigenvalue weighted by molar-refractivity contribution is 6.67. The predicted octanol–water partition coefficient (Wildman–Crippen LogP) is 3.22. The van der Waals surface area contributed by atoms with E-state index in [4.69, 9.17) is 4.65 Å². The van der Waals surface area contributed by atoms with Gasteiger partial charge in [0.1, 0.15) is 0 Å². The monoisotopic (exact) mass is 234 g/mol. The van der Waals surface area contributed by atoms with Gasteiger partial charge in [0.2, 0.25) is 0 Å². The van der Waals surface area contributed by atoms with Crippen molar-refractivity contribution in [1.29, 1.82) is 0 Å². The molecule has 2 heteroatoms. The van der Waals surface area contributed by atoms with Crippen molar-refractivity contribution in [3.05, 3.63) is 65.2 Å². The molecule has 1 aliphatic rings. The molecule has 3 rings (SSSR count). The second-order valence-electron chi connectivity index (χ2n) is 4.66. The second kappa shape index (κ2) is 4.83. The van der Waals surface area contributed by atoms with Crippen LogP contribution < -0.4 is 5.46 Å². The highest BCUT2D eigenvalue weighted by atomic mass is 16.4. The third kappa shape index (κ3) is 2.25. The van der Waals surface area contributed by atoms with E-state index in [1.165, 1.54) is 22.2 Å². The summed E-state index contributed by atoms with van der Waals surface area (Å²) < 4.78 is 5.62. The van der Waals surface area contributed by atoms with Gasteiger partial charge in [-0.15, -0.1) is 0 Å². The smallest absolute Gasteiger partial charge is 0.324 e. The topological polar surface area (TPSA) is 9.23 Å². The SMILES string of the molecule is CB1OCc2cc(/C=C/c3ccccc3)ccc21. The molecular weight excluding hydrogens is 219 g/mol. The molecule has 0 saturated heterocycles. The summed E-state index contributed by atoms with van der Waals surface area (Å²) in [6.07, 6.45) is 4.29. The fourth-order valence-corrected chi connectivity index (χ4v) is 2.31. The second-order valence-corrected chi connectivity index (χ2v) is 4.66. The minimum Gasteiger partial charge on any atom is -0.427 e. The quantitative estimate of drug-likeness (QED) is 0.572. The Labute approximate surface area is 108 Å². The molecule has 0 bridgehead atoms. The highest BCUT2D eigenvalue weighted by Gasteiger charge is 2.22. The average Bonchev–Trinajstić information content (AvgIpc) is 2.79. The molecule has 0 fully saturated rings. The van der Waals surface area contributed by atoms with E-state index in [0.29, 0.717) is 0 Å². The van der Waals surface area contributed by atoms with Crippen molar-refractivity contribution in [1.82, 2.24) is 0 Å². The summed E-state index contributed by atoms with van der Waals surface area (Å²) in [5.41, 5.74) is 5.10. The Hall–Kier alpha value is -1.80. The first-order valence-corrected chi connectivity index (χ1v) is 6.30. The van der Waals surface area contributed by atoms with Gasteiger partial charge in [0.25, 0.3) is 0 Å². The molecule has 0 unspecified atom stereocenters. The summed E-state index contributed by atoms with van der Waals surface area (Å²) in [4.78, 5) is 0. The lowest BCUT2D eigenvalue weighted by molar-refractivity contribution is 0.333. The summed E-state index contributed by atoms with van der Waals surface area (Å²) in [6, 6.07) is 16.9. The van der Waals surface area contributed by atoms with Crippen molar-refractivity contribution in [2.75, 3.05) is 0 Å². The first-order valence-electron chi connectivity index (χ1n) is 6.30. The minimum absolute atomic E-state index is 0.243. The van der Waals surface area contributed by atoms with Crippen LogP contribution in [-0.4, -0.2) is 6.92 Å². The molecule has 2 aromatic carbocycles. The molecule has 0 saturated carbocycles. The van der Waals surface area contributed by atoms with Gasteiger partial charge in [-0.05, 0) is 28.2 Å². The van der Waals surface area contributed by atoms with Crippen LogP contribution in [0.2, 0.25) is 6.82 Å². The lowest BCUT2D eigenvalue weighted by atomic mass is 9.64. The molecule has 18 heavy (non-hydrogen) atoms. The van der Waals surface area contributed by atoms with Crippen LogP contribution in [0.5, 0.6) is 0 Å². The molecule has 88 valence electrons. The van der Waals surface area contributed by atoms with Crippen molar-refractivity contribution in [3.8, 4) is 0 Å². The van der Waals surface area contributed by atoms with Crippen LogP contribution in [0.4, 0.5) is 0 Å². The number of hydrogen-bond acceptors (Lipinski definition) is 1. The summed E-state index contributed by atoms with van der Waals surface area (Å²) in [6.45, 7) is 3.08. The third-order valence-electron chi connectivity index (χ3n) is 3.36. The van der Waals surface area contributed by atoms with E-state index in [2.05, 4.69) is 61.4 Å². The maximum Gasteiger partial charge on any atom is 0.324 e. The lowest BCUT2D eigenvalue weighted by Gasteiger charge is -2.00. The van der Waals surface area contributed by atoms with Crippen molar-refractivity contribution >= 4 is 24.5 Å². The molecule has 0 atom stereocenters. The van der Waals surface area contributed by atoms with Gasteiger partial charge in [0.05, 0.1) is 6.61 Å². The van der Waals surface area contributed by atoms with Crippen molar-refractivity contribution in [3.63, 3.8) is 0 Å². The standard InChI is InChI=1S/C16H15BO/c1-17-16-10-9-14(11-15(16)12-18-17)8-7-13-5-3-2-4-6-13/h2-11H,12H2,1H3/b8-7+. The highest BCUT2D eigenvalue weighted by Crippen LogP contribution is 2.15. The van der Waals surface area contributed by atoms with Gasteiger partial charge < -0.3 is 4.65 Å². The van der Waals surface area contributed by atoms with Crippen LogP contribution in [0.1, 0.15) is 16.7 Å². The molecule has 0 spiro atoms. The van der Waals surface area contributed by atoms with Gasteiger partial charge in [-0.3, -0.25) is 0 Å². The molecule has 0 amide bonds. The average molecular weight is 234 g/mol. The normalized spacial score (nSPS) is 14.2. The van der Waals surface area contributed by atoms with Gasteiger partial charge in [0.15, 0.2) is 0 Å². The Morgan fingerprint density at radius 1 is 1.00 bits per heavy atom. The van der Waals surface area contributed by atoms with Crippen LogP contribution in [-0.2, 0) is 11.3 Å². The molecule has 0 aromatic heterocycles. The summed E-state index contributed by atoms with van der Waals surface area (Å²) >= 11 is 0. The molecular formula is C16H15BO. The zero-order valence-electron chi connectivity index (χ0n) is 10.5. The Morgan fingerprint density at radius 3 is 2.61 bits per heavy atom. The fourth-order valence-electron chi connectivity index (χ4n) is 2.31. The maximum atomic E-state index is 5.62. The largest absolute Gasteiger partial charge is 0.427 e. The lowest BCUT2D eigenvalue weighted by Crippen LogP contribution is -2.23. The predicted molar refractivity (Wildman–Crippen MR) is 77.9 cm³/mol. The Kier molecular flexibility index (Phi) is 3.03. The van der Waals surface area contributed by atoms with Gasteiger partial charge in [-0.2, -0.15) is 0 Å². The van der Waals surface area contributed by atoms with Crippen LogP contribution in [0.15, 0.2) is 48.5 Å². The van der Waals surface area contributed by atoms with Crippen LogP contribution >= 0.6 is 0 Å². The fraction of sp³-hybridized carbons (Fsp3) is 0.125. The summed E-state index contributed by atoms with van der Waals surface area (Å²) in [5.74, 6) is 0. The minimum atomic E-state index is 0.243. The zero-order chi connectivity index (χ0) is 12.4. The van der Waals surface area contributed by atoms with Crippen molar-refractivity contribution in [2.45, 2.75) is 13.4 Å². The van der Waals surface area contributed by atoms with E-state index in [-0.39, 0.29) is 6.92 Å². The van der Waals surface area contributed by atoms with E-state index < -0.39 is 0 Å². The first kappa shape index (κ1) is 11.3. The maximum absolute atomic E-state index is 5.62. The number of hydrogen-bond donors (Lipinski definition) is 0. The number of benzene rings is 2. The Balaban J connectivity index is 1.84. The number of rotatable bonds is 2. The zero-order valence-corrected chi connectivity index (χ0v) is 10.5. The van der Waals surface area contributed by atoms with Gasteiger partial charge in [-0.25, -0.2) is 0 Å². The van der Waals surface area contributed by atoms with E-state index >= 15 is 0 Å². The van der Waals surface area contributed by atoms with Gasteiger partial charge >= 0.3 is 6.92 Å². The van der Waals surface area contributed by atoms with Crippen LogP contribution in [0, 0.1) is 0 Å². The van der Waals surface area contributed by atoms with E-state index in [0.717, 1.165) is 6.61 Å². The van der Waals surface area contributed by atoms with Crippen molar-refractivity contribution < 1.29 is 4.65 Å². The summed E-state index contributed by atoms with van der Waals surface area (Å²) in [5, 5.41) is 0. The van der Waals surface area contributed by atoms with E-state index in [1.54, 1.807) is 0 Å². The Morgan fingerprint density at radius 2 is 1.78 bits per heavy atom. The number of fused-ring (bicyclic) bond motifs is 1. The van der Waals surface area contributed by atoms with Crippen LogP contribution in [0.25, 0.3) is 12.2 Å². The van der Waals surface area contributed by atoms with Crippen LogP contribution in [0.3, 0.4) is 0 Å². The molecule has 1 nitrogen and oxygen atoms in total. The Bertz CT molecular complexity index is 575. The van der Waals surface area contributed by atoms with Gasteiger partial charge in [0, 0.05) is 0 Å². The molecule has 1 aliphatic heterocycles. The van der Waals surface area contributed by atoms with E-state index in [1.807, 2.05) is 6.07 Å².